The van der Waals surface area contributed by atoms with Crippen LogP contribution in [0.3, 0.4) is 0 Å². The number of carboxylic acid groups (broad SMARTS) is 3. The zero-order valence-corrected chi connectivity index (χ0v) is 17.3. The monoisotopic (exact) mass is 414 g/mol. The molecule has 0 fully saturated rings. The van der Waals surface area contributed by atoms with Crippen LogP contribution in [-0.4, -0.2) is 44.4 Å². The molecule has 0 aromatic carbocycles. The quantitative estimate of drug-likeness (QED) is 0.524. The molecule has 0 saturated heterocycles. The van der Waals surface area contributed by atoms with Gasteiger partial charge in [0.2, 0.25) is 0 Å². The van der Waals surface area contributed by atoms with Gasteiger partial charge in [-0.05, 0) is 33.1 Å². The standard InChI is InChI=1S/3C4H8O2.C3H8O.Zr/c3*1-2-3-4(5)6;1-3(2)4;/h3*2-3H2,1H3,(H,5,6);3-4H,1-2H3;. The number of hydrogen-bond acceptors (Lipinski definition) is 4. The molecule has 0 aliphatic heterocycles. The van der Waals surface area contributed by atoms with Crippen molar-refractivity contribution in [1.29, 1.82) is 0 Å². The van der Waals surface area contributed by atoms with Crippen molar-refractivity contribution in [3.8, 4) is 0 Å². The largest absolute Gasteiger partial charge is 0.481 e. The van der Waals surface area contributed by atoms with Crippen LogP contribution in [0, 0.1) is 0 Å². The average Bonchev–Trinajstić information content (AvgIpc) is 2.28. The summed E-state index contributed by atoms with van der Waals surface area (Å²) in [4.78, 5) is 28.8. The Hall–Kier alpha value is -0.747. The van der Waals surface area contributed by atoms with E-state index in [0.717, 1.165) is 19.3 Å². The minimum absolute atomic E-state index is 0. The molecule has 138 valence electrons. The summed E-state index contributed by atoms with van der Waals surface area (Å²) in [6.07, 6.45) is 2.90. The van der Waals surface area contributed by atoms with E-state index in [0.29, 0.717) is 19.3 Å². The molecule has 0 amide bonds. The second-order valence-electron chi connectivity index (χ2n) is 4.52. The molecule has 0 aromatic rings. The molecule has 7 nitrogen and oxygen atoms in total. The maximum atomic E-state index is 9.60. The van der Waals surface area contributed by atoms with Gasteiger partial charge in [0.25, 0.3) is 0 Å². The van der Waals surface area contributed by atoms with Gasteiger partial charge in [0.1, 0.15) is 0 Å². The zero-order valence-electron chi connectivity index (χ0n) is 14.8. The van der Waals surface area contributed by atoms with Gasteiger partial charge in [0.15, 0.2) is 0 Å². The van der Waals surface area contributed by atoms with Crippen molar-refractivity contribution in [1.82, 2.24) is 0 Å². The first-order valence-corrected chi connectivity index (χ1v) is 7.38. The number of aliphatic hydroxyl groups is 1. The summed E-state index contributed by atoms with van der Waals surface area (Å²) in [6, 6.07) is 0. The predicted octanol–water partition coefficient (Wildman–Crippen LogP) is 3.00. The molecule has 23 heavy (non-hydrogen) atoms. The van der Waals surface area contributed by atoms with Crippen molar-refractivity contribution in [2.75, 3.05) is 0 Å². The van der Waals surface area contributed by atoms with Gasteiger partial charge in [-0.15, -0.1) is 0 Å². The minimum atomic E-state index is -0.711. The molecule has 4 N–H and O–H groups in total. The van der Waals surface area contributed by atoms with E-state index in [4.69, 9.17) is 20.4 Å². The fourth-order valence-electron chi connectivity index (χ4n) is 0.642. The molecule has 0 bridgehead atoms. The predicted molar refractivity (Wildman–Crippen MR) is 85.0 cm³/mol. The van der Waals surface area contributed by atoms with Crippen LogP contribution < -0.4 is 0 Å². The fraction of sp³-hybridized carbons (Fsp3) is 0.800. The van der Waals surface area contributed by atoms with Crippen molar-refractivity contribution in [2.24, 2.45) is 0 Å². The molecule has 0 aliphatic rings. The smallest absolute Gasteiger partial charge is 0.303 e. The topological polar surface area (TPSA) is 132 Å². The molecule has 0 unspecified atom stereocenters. The summed E-state index contributed by atoms with van der Waals surface area (Å²) < 4.78 is 0. The molecule has 0 aliphatic carbocycles. The van der Waals surface area contributed by atoms with Gasteiger partial charge in [-0.1, -0.05) is 20.8 Å². The first kappa shape index (κ1) is 33.8. The fourth-order valence-corrected chi connectivity index (χ4v) is 0.642. The molecule has 0 spiro atoms. The molecular formula is C15H32O7Zr. The van der Waals surface area contributed by atoms with Gasteiger partial charge in [0.05, 0.1) is 0 Å². The van der Waals surface area contributed by atoms with E-state index in [1.165, 1.54) is 0 Å². The van der Waals surface area contributed by atoms with Gasteiger partial charge < -0.3 is 20.4 Å². The zero-order chi connectivity index (χ0) is 18.6. The number of aliphatic hydroxyl groups excluding tert-OH is 1. The van der Waals surface area contributed by atoms with Gasteiger partial charge in [-0.2, -0.15) is 0 Å². The van der Waals surface area contributed by atoms with Crippen LogP contribution >= 0.6 is 0 Å². The third kappa shape index (κ3) is 116. The van der Waals surface area contributed by atoms with Crippen LogP contribution in [0.25, 0.3) is 0 Å². The molecule has 0 heterocycles. The first-order chi connectivity index (χ1) is 10.0. The van der Waals surface area contributed by atoms with Crippen molar-refractivity contribution in [3.05, 3.63) is 0 Å². The maximum absolute atomic E-state index is 9.60. The summed E-state index contributed by atoms with van der Waals surface area (Å²) in [5.41, 5.74) is 0. The maximum Gasteiger partial charge on any atom is 0.303 e. The molecule has 0 atom stereocenters. The summed E-state index contributed by atoms with van der Waals surface area (Å²) >= 11 is 0. The van der Waals surface area contributed by atoms with Gasteiger partial charge in [0, 0.05) is 51.6 Å². The first-order valence-electron chi connectivity index (χ1n) is 7.38. The molecule has 0 saturated carbocycles. The molecule has 0 rings (SSSR count). The Morgan fingerprint density at radius 1 is 0.696 bits per heavy atom. The summed E-state index contributed by atoms with van der Waals surface area (Å²) in [7, 11) is 0. The number of hydrogen-bond donors (Lipinski definition) is 4. The van der Waals surface area contributed by atoms with Crippen LogP contribution in [-0.2, 0) is 40.6 Å². The average molecular weight is 416 g/mol. The normalized spacial score (nSPS) is 7.96. The molecular weight excluding hydrogens is 383 g/mol. The minimum Gasteiger partial charge on any atom is -0.481 e. The Morgan fingerprint density at radius 2 is 0.826 bits per heavy atom. The third-order valence-corrected chi connectivity index (χ3v) is 1.39. The summed E-state index contributed by atoms with van der Waals surface area (Å²) in [6.45, 7) is 8.97. The van der Waals surface area contributed by atoms with Gasteiger partial charge >= 0.3 is 17.9 Å². The van der Waals surface area contributed by atoms with E-state index < -0.39 is 17.9 Å². The number of carboxylic acids is 3. The van der Waals surface area contributed by atoms with Crippen molar-refractivity contribution in [2.45, 2.75) is 79.2 Å². The Labute approximate surface area is 158 Å². The van der Waals surface area contributed by atoms with E-state index in [1.807, 2.05) is 20.8 Å². The Balaban J connectivity index is -0.0000000624. The third-order valence-electron chi connectivity index (χ3n) is 1.39. The van der Waals surface area contributed by atoms with Crippen LogP contribution in [0.15, 0.2) is 0 Å². The van der Waals surface area contributed by atoms with E-state index in [9.17, 15) is 14.4 Å². The number of carbonyl (C=O) groups is 3. The Bertz CT molecular complexity index is 228. The summed E-state index contributed by atoms with van der Waals surface area (Å²) in [5.74, 6) is -2.13. The molecule has 0 radical (unpaired) electrons. The van der Waals surface area contributed by atoms with Crippen LogP contribution in [0.5, 0.6) is 0 Å². The number of aliphatic carboxylic acids is 3. The summed E-state index contributed by atoms with van der Waals surface area (Å²) in [5, 5.41) is 31.8. The van der Waals surface area contributed by atoms with Crippen molar-refractivity contribution in [3.63, 3.8) is 0 Å². The Morgan fingerprint density at radius 3 is 0.826 bits per heavy atom. The van der Waals surface area contributed by atoms with Gasteiger partial charge in [-0.3, -0.25) is 14.4 Å². The van der Waals surface area contributed by atoms with E-state index in [1.54, 1.807) is 13.8 Å². The SMILES string of the molecule is CC(C)O.CCCC(=O)O.CCCC(=O)O.CCCC(=O)O.[Zr]. The van der Waals surface area contributed by atoms with E-state index in [-0.39, 0.29) is 32.3 Å². The second-order valence-corrected chi connectivity index (χ2v) is 4.52. The number of rotatable bonds is 6. The van der Waals surface area contributed by atoms with E-state index in [2.05, 4.69) is 0 Å². The molecule has 0 aromatic heterocycles. The van der Waals surface area contributed by atoms with E-state index >= 15 is 0 Å². The van der Waals surface area contributed by atoms with Crippen molar-refractivity contribution >= 4 is 17.9 Å². The van der Waals surface area contributed by atoms with Crippen LogP contribution in [0.1, 0.15) is 73.1 Å². The molecule has 8 heteroatoms. The van der Waals surface area contributed by atoms with Crippen LogP contribution in [0.2, 0.25) is 0 Å². The van der Waals surface area contributed by atoms with Gasteiger partial charge in [-0.25, -0.2) is 0 Å². The second kappa shape index (κ2) is 29.3. The van der Waals surface area contributed by atoms with Crippen LogP contribution in [0.4, 0.5) is 0 Å². The Kier molecular flexibility index (Phi) is 43.0. The van der Waals surface area contributed by atoms with Crippen molar-refractivity contribution < 1.29 is 61.0 Å².